The van der Waals surface area contributed by atoms with Crippen LogP contribution >= 0.6 is 22.9 Å². The van der Waals surface area contributed by atoms with Gasteiger partial charge in [0, 0.05) is 22.4 Å². The third-order valence-electron chi connectivity index (χ3n) is 4.79. The molecule has 29 heavy (non-hydrogen) atoms. The number of nitrogens with one attached hydrogen (secondary N) is 2. The minimum absolute atomic E-state index is 0.126. The van der Waals surface area contributed by atoms with Gasteiger partial charge >= 0.3 is 0 Å². The van der Waals surface area contributed by atoms with E-state index >= 15 is 0 Å². The van der Waals surface area contributed by atoms with E-state index in [-0.39, 0.29) is 17.9 Å². The quantitative estimate of drug-likeness (QED) is 0.578. The molecule has 2 N–H and O–H groups in total. The first-order valence-electron chi connectivity index (χ1n) is 9.59. The molecule has 4 nitrogen and oxygen atoms in total. The van der Waals surface area contributed by atoms with Gasteiger partial charge in [0.15, 0.2) is 0 Å². The number of hydrogen-bond acceptors (Lipinski definition) is 3. The van der Waals surface area contributed by atoms with Crippen LogP contribution in [0, 0.1) is 0 Å². The molecule has 2 aromatic carbocycles. The Kier molecular flexibility index (Phi) is 5.97. The van der Waals surface area contributed by atoms with Crippen molar-refractivity contribution in [3.05, 3.63) is 82.2 Å². The van der Waals surface area contributed by atoms with Crippen molar-refractivity contribution in [2.24, 2.45) is 0 Å². The van der Waals surface area contributed by atoms with Gasteiger partial charge in [-0.05, 0) is 48.2 Å². The second-order valence-electron chi connectivity index (χ2n) is 7.17. The van der Waals surface area contributed by atoms with E-state index in [1.807, 2.05) is 60.7 Å². The summed E-state index contributed by atoms with van der Waals surface area (Å²) in [4.78, 5) is 27.1. The fourth-order valence-corrected chi connectivity index (χ4v) is 4.09. The largest absolute Gasteiger partial charge is 0.352 e. The number of rotatable bonds is 7. The van der Waals surface area contributed by atoms with E-state index < -0.39 is 6.04 Å². The molecular formula is C23H21ClN2O2S. The lowest BCUT2D eigenvalue weighted by Gasteiger charge is -2.18. The molecule has 4 rings (SSSR count). The van der Waals surface area contributed by atoms with Gasteiger partial charge in [-0.1, -0.05) is 54.1 Å². The summed E-state index contributed by atoms with van der Waals surface area (Å²) in [6.07, 6.45) is 2.47. The molecular weight excluding hydrogens is 404 g/mol. The van der Waals surface area contributed by atoms with Gasteiger partial charge < -0.3 is 10.6 Å². The van der Waals surface area contributed by atoms with Crippen molar-refractivity contribution in [3.63, 3.8) is 0 Å². The third kappa shape index (κ3) is 5.25. The number of carbonyl (C=O) groups excluding carboxylic acids is 2. The maximum absolute atomic E-state index is 12.8. The van der Waals surface area contributed by atoms with Gasteiger partial charge in [-0.15, -0.1) is 11.3 Å². The van der Waals surface area contributed by atoms with E-state index in [1.54, 1.807) is 6.07 Å². The number of hydrogen-bond donors (Lipinski definition) is 2. The summed E-state index contributed by atoms with van der Waals surface area (Å²) >= 11 is 7.35. The van der Waals surface area contributed by atoms with Crippen LogP contribution in [0.15, 0.2) is 66.7 Å². The van der Waals surface area contributed by atoms with E-state index in [0.29, 0.717) is 16.3 Å². The fourth-order valence-electron chi connectivity index (χ4n) is 3.05. The van der Waals surface area contributed by atoms with Crippen LogP contribution in [-0.4, -0.2) is 23.9 Å². The Morgan fingerprint density at radius 1 is 1.00 bits per heavy atom. The van der Waals surface area contributed by atoms with Crippen molar-refractivity contribution in [1.29, 1.82) is 0 Å². The van der Waals surface area contributed by atoms with E-state index in [0.717, 1.165) is 28.8 Å². The second-order valence-corrected chi connectivity index (χ2v) is 8.69. The van der Waals surface area contributed by atoms with Gasteiger partial charge in [0.2, 0.25) is 5.91 Å². The molecule has 0 spiro atoms. The molecule has 1 saturated carbocycles. The molecule has 1 aromatic heterocycles. The number of amides is 2. The topological polar surface area (TPSA) is 58.2 Å². The van der Waals surface area contributed by atoms with Gasteiger partial charge in [0.25, 0.3) is 5.91 Å². The molecule has 2 amide bonds. The summed E-state index contributed by atoms with van der Waals surface area (Å²) < 4.78 is 0. The fraction of sp³-hybridized carbons (Fsp3) is 0.217. The first-order valence-corrected chi connectivity index (χ1v) is 10.8. The van der Waals surface area contributed by atoms with Crippen LogP contribution < -0.4 is 10.6 Å². The molecule has 1 fully saturated rings. The van der Waals surface area contributed by atoms with Crippen molar-refractivity contribution in [2.75, 3.05) is 0 Å². The molecule has 1 aliphatic carbocycles. The molecule has 0 bridgehead atoms. The Bertz CT molecular complexity index is 997. The van der Waals surface area contributed by atoms with Gasteiger partial charge in [-0.3, -0.25) is 9.59 Å². The summed E-state index contributed by atoms with van der Waals surface area (Å²) in [5, 5.41) is 6.61. The van der Waals surface area contributed by atoms with Gasteiger partial charge in [-0.2, -0.15) is 0 Å². The Labute approximate surface area is 178 Å². The zero-order valence-corrected chi connectivity index (χ0v) is 17.3. The minimum Gasteiger partial charge on any atom is -0.352 e. The van der Waals surface area contributed by atoms with E-state index in [2.05, 4.69) is 10.6 Å². The molecule has 0 aliphatic heterocycles. The highest BCUT2D eigenvalue weighted by Gasteiger charge is 2.29. The molecule has 1 aliphatic rings. The predicted molar refractivity (Wildman–Crippen MR) is 117 cm³/mol. The van der Waals surface area contributed by atoms with Crippen LogP contribution in [0.25, 0.3) is 10.4 Å². The molecule has 0 radical (unpaired) electrons. The lowest BCUT2D eigenvalue weighted by Crippen LogP contribution is -2.48. The van der Waals surface area contributed by atoms with Crippen LogP contribution in [0.3, 0.4) is 0 Å². The van der Waals surface area contributed by atoms with Gasteiger partial charge in [-0.25, -0.2) is 0 Å². The lowest BCUT2D eigenvalue weighted by molar-refractivity contribution is -0.123. The van der Waals surface area contributed by atoms with Gasteiger partial charge in [0.05, 0.1) is 4.88 Å². The SMILES string of the molecule is O=C(NC(Cc1ccccc1)C(=O)NC1CC1)c1ccc(-c2ccc(Cl)cc2)s1. The van der Waals surface area contributed by atoms with E-state index in [1.165, 1.54) is 11.3 Å². The average Bonchev–Trinajstić information content (AvgIpc) is 3.40. The zero-order chi connectivity index (χ0) is 20.2. The first-order chi connectivity index (χ1) is 14.1. The normalized spacial score (nSPS) is 14.2. The Morgan fingerprint density at radius 2 is 1.72 bits per heavy atom. The summed E-state index contributed by atoms with van der Waals surface area (Å²) in [6.45, 7) is 0. The maximum Gasteiger partial charge on any atom is 0.262 e. The van der Waals surface area contributed by atoms with E-state index in [4.69, 9.17) is 11.6 Å². The van der Waals surface area contributed by atoms with Crippen LogP contribution in [0.4, 0.5) is 0 Å². The summed E-state index contributed by atoms with van der Waals surface area (Å²) in [5.74, 6) is -0.360. The van der Waals surface area contributed by atoms with Crippen LogP contribution in [0.1, 0.15) is 28.1 Å². The molecule has 6 heteroatoms. The smallest absolute Gasteiger partial charge is 0.262 e. The molecule has 148 valence electrons. The highest BCUT2D eigenvalue weighted by molar-refractivity contribution is 7.17. The lowest BCUT2D eigenvalue weighted by atomic mass is 10.1. The van der Waals surface area contributed by atoms with Crippen molar-refractivity contribution in [2.45, 2.75) is 31.3 Å². The number of halogens is 1. The standard InChI is InChI=1S/C23H21ClN2O2S/c24-17-8-6-16(7-9-17)20-12-13-21(29-20)23(28)26-19(22(27)25-18-10-11-18)14-15-4-2-1-3-5-15/h1-9,12-13,18-19H,10-11,14H2,(H,25,27)(H,26,28). The van der Waals surface area contributed by atoms with Crippen molar-refractivity contribution in [1.82, 2.24) is 10.6 Å². The molecule has 1 unspecified atom stereocenters. The monoisotopic (exact) mass is 424 g/mol. The van der Waals surface area contributed by atoms with Crippen molar-refractivity contribution >= 4 is 34.8 Å². The Balaban J connectivity index is 1.48. The second kappa shape index (κ2) is 8.80. The number of carbonyl (C=O) groups is 2. The highest BCUT2D eigenvalue weighted by atomic mass is 35.5. The molecule has 1 atom stereocenters. The molecule has 0 saturated heterocycles. The molecule has 3 aromatic rings. The number of benzene rings is 2. The van der Waals surface area contributed by atoms with Gasteiger partial charge in [0.1, 0.15) is 6.04 Å². The number of thiophene rings is 1. The summed E-state index contributed by atoms with van der Waals surface area (Å²) in [6, 6.07) is 20.6. The predicted octanol–water partition coefficient (Wildman–Crippen LogP) is 4.69. The zero-order valence-electron chi connectivity index (χ0n) is 15.7. The third-order valence-corrected chi connectivity index (χ3v) is 6.17. The van der Waals surface area contributed by atoms with Crippen LogP contribution in [0.5, 0.6) is 0 Å². The van der Waals surface area contributed by atoms with Crippen molar-refractivity contribution in [3.8, 4) is 10.4 Å². The maximum atomic E-state index is 12.8. The summed E-state index contributed by atoms with van der Waals surface area (Å²) in [5.41, 5.74) is 2.02. The van der Waals surface area contributed by atoms with Crippen LogP contribution in [0.2, 0.25) is 5.02 Å². The molecule has 1 heterocycles. The van der Waals surface area contributed by atoms with E-state index in [9.17, 15) is 9.59 Å². The Morgan fingerprint density at radius 3 is 2.41 bits per heavy atom. The minimum atomic E-state index is -0.605. The average molecular weight is 425 g/mol. The van der Waals surface area contributed by atoms with Crippen LogP contribution in [-0.2, 0) is 11.2 Å². The first kappa shape index (κ1) is 19.7. The van der Waals surface area contributed by atoms with Crippen molar-refractivity contribution < 1.29 is 9.59 Å². The highest BCUT2D eigenvalue weighted by Crippen LogP contribution is 2.29. The summed E-state index contributed by atoms with van der Waals surface area (Å²) in [7, 11) is 0. The Hall–Kier alpha value is -2.63.